The Bertz CT molecular complexity index is 628. The lowest BCUT2D eigenvalue weighted by Crippen LogP contribution is -2.17. The van der Waals surface area contributed by atoms with Gasteiger partial charge in [0, 0.05) is 11.6 Å². The van der Waals surface area contributed by atoms with Crippen LogP contribution >= 0.6 is 0 Å². The maximum Gasteiger partial charge on any atom is 0.337 e. The first-order valence-electron chi connectivity index (χ1n) is 7.13. The molecule has 0 saturated carbocycles. The quantitative estimate of drug-likeness (QED) is 0.618. The molecule has 1 aliphatic rings. The van der Waals surface area contributed by atoms with Crippen molar-refractivity contribution in [1.29, 1.82) is 0 Å². The number of carbonyl (C=O) groups is 2. The van der Waals surface area contributed by atoms with Gasteiger partial charge in [-0.1, -0.05) is 6.07 Å². The molecule has 5 heteroatoms. The summed E-state index contributed by atoms with van der Waals surface area (Å²) in [4.78, 5) is 23.0. The lowest BCUT2D eigenvalue weighted by Gasteiger charge is -2.17. The maximum absolute atomic E-state index is 11.7. The molecule has 5 nitrogen and oxygen atoms in total. The van der Waals surface area contributed by atoms with Crippen molar-refractivity contribution in [3.05, 3.63) is 41.0 Å². The summed E-state index contributed by atoms with van der Waals surface area (Å²) in [5.74, 6) is -0.0684. The van der Waals surface area contributed by atoms with Crippen LogP contribution in [0.1, 0.15) is 25.0 Å². The topological polar surface area (TPSA) is 61.8 Å². The normalized spacial score (nSPS) is 13.1. The molecule has 0 unspecified atom stereocenters. The van der Waals surface area contributed by atoms with Gasteiger partial charge in [-0.15, -0.1) is 0 Å². The maximum atomic E-state index is 11.7. The van der Waals surface area contributed by atoms with Crippen molar-refractivity contribution in [2.24, 2.45) is 0 Å². The van der Waals surface area contributed by atoms with E-state index in [0.717, 1.165) is 11.1 Å². The molecule has 1 aromatic rings. The highest BCUT2D eigenvalue weighted by Crippen LogP contribution is 2.28. The molecular formula is C17H18O5. The Morgan fingerprint density at radius 3 is 2.73 bits per heavy atom. The number of hydrogen-bond acceptors (Lipinski definition) is 5. The predicted octanol–water partition coefficient (Wildman–Crippen LogP) is 2.60. The number of carbonyl (C=O) groups excluding carboxylic acids is 2. The zero-order chi connectivity index (χ0) is 15.9. The molecule has 22 heavy (non-hydrogen) atoms. The van der Waals surface area contributed by atoms with Crippen molar-refractivity contribution in [3.63, 3.8) is 0 Å². The van der Waals surface area contributed by atoms with E-state index in [1.54, 1.807) is 32.1 Å². The molecule has 1 aliphatic heterocycles. The van der Waals surface area contributed by atoms with E-state index in [0.29, 0.717) is 24.5 Å². The average molecular weight is 302 g/mol. The second kappa shape index (κ2) is 7.45. The monoisotopic (exact) mass is 302 g/mol. The average Bonchev–Trinajstić information content (AvgIpc) is 2.52. The highest BCUT2D eigenvalue weighted by molar-refractivity contribution is 5.95. The molecule has 0 amide bonds. The van der Waals surface area contributed by atoms with Crippen LogP contribution in [-0.2, 0) is 19.1 Å². The molecular weight excluding hydrogens is 284 g/mol. The van der Waals surface area contributed by atoms with E-state index in [4.69, 9.17) is 14.2 Å². The van der Waals surface area contributed by atoms with E-state index in [1.165, 1.54) is 6.08 Å². The van der Waals surface area contributed by atoms with Crippen molar-refractivity contribution < 1.29 is 23.8 Å². The van der Waals surface area contributed by atoms with Crippen LogP contribution in [0, 0.1) is 0 Å². The Morgan fingerprint density at radius 1 is 1.23 bits per heavy atom. The van der Waals surface area contributed by atoms with Crippen molar-refractivity contribution >= 4 is 24.1 Å². The molecule has 0 aliphatic carbocycles. The molecule has 0 N–H and O–H groups in total. The minimum absolute atomic E-state index is 0.198. The summed E-state index contributed by atoms with van der Waals surface area (Å²) < 4.78 is 15.3. The van der Waals surface area contributed by atoms with Crippen molar-refractivity contribution in [2.75, 3.05) is 19.8 Å². The minimum Gasteiger partial charge on any atom is -0.488 e. The van der Waals surface area contributed by atoms with Gasteiger partial charge in [-0.3, -0.25) is 0 Å². The Kier molecular flexibility index (Phi) is 5.36. The zero-order valence-corrected chi connectivity index (χ0v) is 12.6. The highest BCUT2D eigenvalue weighted by Gasteiger charge is 2.18. The number of fused-ring (bicyclic) bond motifs is 1. The fourth-order valence-electron chi connectivity index (χ4n) is 2.00. The van der Waals surface area contributed by atoms with Crippen LogP contribution in [0.3, 0.4) is 0 Å². The Hall–Kier alpha value is -2.56. The summed E-state index contributed by atoms with van der Waals surface area (Å²) >= 11 is 0. The van der Waals surface area contributed by atoms with E-state index in [-0.39, 0.29) is 18.5 Å². The number of hydrogen-bond donors (Lipinski definition) is 0. The van der Waals surface area contributed by atoms with E-state index in [1.807, 2.05) is 12.1 Å². The Labute approximate surface area is 129 Å². The van der Waals surface area contributed by atoms with Gasteiger partial charge in [0.15, 0.2) is 0 Å². The second-order valence-corrected chi connectivity index (χ2v) is 4.56. The van der Waals surface area contributed by atoms with Gasteiger partial charge in [-0.05, 0) is 43.7 Å². The van der Waals surface area contributed by atoms with Crippen molar-refractivity contribution in [1.82, 2.24) is 0 Å². The van der Waals surface area contributed by atoms with Gasteiger partial charge >= 0.3 is 11.9 Å². The summed E-state index contributed by atoms with van der Waals surface area (Å²) in [6.45, 7) is 4.38. The summed E-state index contributed by atoms with van der Waals surface area (Å²) in [6, 6.07) is 5.47. The molecule has 1 aromatic carbocycles. The predicted molar refractivity (Wildman–Crippen MR) is 82.2 cm³/mol. The second-order valence-electron chi connectivity index (χ2n) is 4.56. The largest absolute Gasteiger partial charge is 0.488 e. The lowest BCUT2D eigenvalue weighted by atomic mass is 10.0. The van der Waals surface area contributed by atoms with Gasteiger partial charge in [0.25, 0.3) is 0 Å². The van der Waals surface area contributed by atoms with E-state index < -0.39 is 0 Å². The molecule has 0 bridgehead atoms. The summed E-state index contributed by atoms with van der Waals surface area (Å²) in [6.07, 6.45) is 4.77. The third kappa shape index (κ3) is 3.97. The number of ether oxygens (including phenoxy) is 3. The zero-order valence-electron chi connectivity index (χ0n) is 12.6. The molecule has 0 fully saturated rings. The van der Waals surface area contributed by atoms with Crippen LogP contribution in [0.25, 0.3) is 12.2 Å². The molecule has 2 rings (SSSR count). The molecule has 0 spiro atoms. The SMILES string of the molecule is CCOC(=O)/C=C/c1ccc2c(c1)C=C(C(=O)OCC)CO2. The summed E-state index contributed by atoms with van der Waals surface area (Å²) in [7, 11) is 0. The molecule has 0 aromatic heterocycles. The highest BCUT2D eigenvalue weighted by atomic mass is 16.5. The van der Waals surface area contributed by atoms with Crippen LogP contribution < -0.4 is 4.74 Å². The Morgan fingerprint density at radius 2 is 2.00 bits per heavy atom. The fraction of sp³-hybridized carbons (Fsp3) is 0.294. The number of benzene rings is 1. The van der Waals surface area contributed by atoms with Gasteiger partial charge in [0.1, 0.15) is 12.4 Å². The van der Waals surface area contributed by atoms with Gasteiger partial charge in [-0.2, -0.15) is 0 Å². The third-order valence-corrected chi connectivity index (χ3v) is 2.98. The summed E-state index contributed by atoms with van der Waals surface area (Å²) in [5, 5.41) is 0. The first-order valence-corrected chi connectivity index (χ1v) is 7.13. The molecule has 0 radical (unpaired) electrons. The lowest BCUT2D eigenvalue weighted by molar-refractivity contribution is -0.139. The number of esters is 2. The van der Waals surface area contributed by atoms with Crippen molar-refractivity contribution in [2.45, 2.75) is 13.8 Å². The first kappa shape index (κ1) is 15.8. The van der Waals surface area contributed by atoms with Gasteiger partial charge in [0.05, 0.1) is 18.8 Å². The van der Waals surface area contributed by atoms with Gasteiger partial charge < -0.3 is 14.2 Å². The minimum atomic E-state index is -0.390. The van der Waals surface area contributed by atoms with Gasteiger partial charge in [0.2, 0.25) is 0 Å². The smallest absolute Gasteiger partial charge is 0.337 e. The van der Waals surface area contributed by atoms with E-state index in [9.17, 15) is 9.59 Å². The third-order valence-electron chi connectivity index (χ3n) is 2.98. The van der Waals surface area contributed by atoms with Crippen LogP contribution in [0.2, 0.25) is 0 Å². The van der Waals surface area contributed by atoms with Crippen LogP contribution in [0.5, 0.6) is 5.75 Å². The van der Waals surface area contributed by atoms with Crippen LogP contribution in [-0.4, -0.2) is 31.8 Å². The molecule has 1 heterocycles. The van der Waals surface area contributed by atoms with Crippen LogP contribution in [0.15, 0.2) is 29.8 Å². The fourth-order valence-corrected chi connectivity index (χ4v) is 2.00. The van der Waals surface area contributed by atoms with E-state index in [2.05, 4.69) is 0 Å². The van der Waals surface area contributed by atoms with Crippen molar-refractivity contribution in [3.8, 4) is 5.75 Å². The Balaban J connectivity index is 2.19. The summed E-state index contributed by atoms with van der Waals surface area (Å²) in [5.41, 5.74) is 2.07. The first-order chi connectivity index (χ1) is 10.6. The van der Waals surface area contributed by atoms with E-state index >= 15 is 0 Å². The molecule has 0 atom stereocenters. The standard InChI is InChI=1S/C17H18O5/c1-3-20-16(18)8-6-12-5-7-15-13(9-12)10-14(11-22-15)17(19)21-4-2/h5-10H,3-4,11H2,1-2H3/b8-6+. The molecule has 116 valence electrons. The molecule has 0 saturated heterocycles. The van der Waals surface area contributed by atoms with Gasteiger partial charge in [-0.25, -0.2) is 9.59 Å². The number of rotatable bonds is 5. The van der Waals surface area contributed by atoms with Crippen LogP contribution in [0.4, 0.5) is 0 Å².